The Bertz CT molecular complexity index is 686. The Labute approximate surface area is 117 Å². The number of anilines is 2. The molecule has 0 aliphatic carbocycles. The molecule has 2 unspecified atom stereocenters. The van der Waals surface area contributed by atoms with E-state index in [9.17, 15) is 13.2 Å². The second kappa shape index (κ2) is 4.20. The highest BCUT2D eigenvalue weighted by Gasteiger charge is 2.48. The van der Waals surface area contributed by atoms with Gasteiger partial charge in [-0.3, -0.25) is 4.79 Å². The number of rotatable bonds is 1. The van der Waals surface area contributed by atoms with Crippen LogP contribution in [0.15, 0.2) is 23.1 Å². The topological polar surface area (TPSA) is 84.5 Å². The van der Waals surface area contributed by atoms with Crippen LogP contribution in [0, 0.1) is 5.41 Å². The van der Waals surface area contributed by atoms with E-state index in [0.29, 0.717) is 24.6 Å². The summed E-state index contributed by atoms with van der Waals surface area (Å²) in [6.07, 6.45) is 1.13. The molecule has 1 aromatic carbocycles. The zero-order valence-electron chi connectivity index (χ0n) is 11.3. The van der Waals surface area contributed by atoms with Crippen LogP contribution >= 0.6 is 0 Å². The van der Waals surface area contributed by atoms with Crippen LogP contribution in [0.2, 0.25) is 0 Å². The number of carbonyl (C=O) groups is 1. The zero-order chi connectivity index (χ0) is 14.5. The standard InChI is InChI=1S/C13H16N2O4S/c1-13-7-19-6-10(13)14-8-4-3-5-9(20(2,17)18)11(8)15-12(13)16/h3-5,10,14H,6-7H2,1-2H3,(H,15,16). The monoisotopic (exact) mass is 296 g/mol. The first kappa shape index (κ1) is 13.4. The Morgan fingerprint density at radius 1 is 1.40 bits per heavy atom. The van der Waals surface area contributed by atoms with E-state index in [1.165, 1.54) is 6.07 Å². The molecule has 20 heavy (non-hydrogen) atoms. The molecule has 0 spiro atoms. The summed E-state index contributed by atoms with van der Waals surface area (Å²) in [6.45, 7) is 2.56. The molecule has 2 aliphatic rings. The predicted molar refractivity (Wildman–Crippen MR) is 74.5 cm³/mol. The lowest BCUT2D eigenvalue weighted by Gasteiger charge is -2.25. The van der Waals surface area contributed by atoms with Crippen LogP contribution in [0.4, 0.5) is 11.4 Å². The van der Waals surface area contributed by atoms with Crippen molar-refractivity contribution in [1.29, 1.82) is 0 Å². The number of ether oxygens (including phenoxy) is 1. The minimum atomic E-state index is -3.41. The molecule has 1 aromatic rings. The molecule has 6 nitrogen and oxygen atoms in total. The van der Waals surface area contributed by atoms with E-state index in [4.69, 9.17) is 4.74 Å². The Morgan fingerprint density at radius 2 is 2.15 bits per heavy atom. The maximum atomic E-state index is 12.4. The molecule has 0 radical (unpaired) electrons. The van der Waals surface area contributed by atoms with Gasteiger partial charge in [0.1, 0.15) is 0 Å². The van der Waals surface area contributed by atoms with Crippen LogP contribution in [0.3, 0.4) is 0 Å². The van der Waals surface area contributed by atoms with Crippen molar-refractivity contribution >= 4 is 27.1 Å². The predicted octanol–water partition coefficient (Wildman–Crippen LogP) is 0.859. The summed E-state index contributed by atoms with van der Waals surface area (Å²) in [5, 5.41) is 5.98. The number of benzene rings is 1. The van der Waals surface area contributed by atoms with Gasteiger partial charge in [0.25, 0.3) is 0 Å². The maximum absolute atomic E-state index is 12.4. The van der Waals surface area contributed by atoms with Gasteiger partial charge in [-0.25, -0.2) is 8.42 Å². The third-order valence-corrected chi connectivity index (χ3v) is 5.11. The first-order valence-electron chi connectivity index (χ1n) is 6.31. The van der Waals surface area contributed by atoms with Crippen molar-refractivity contribution in [3.05, 3.63) is 18.2 Å². The van der Waals surface area contributed by atoms with E-state index in [1.54, 1.807) is 12.1 Å². The van der Waals surface area contributed by atoms with Crippen LogP contribution in [-0.2, 0) is 19.4 Å². The highest BCUT2D eigenvalue weighted by atomic mass is 32.2. The van der Waals surface area contributed by atoms with Crippen molar-refractivity contribution in [2.45, 2.75) is 17.9 Å². The van der Waals surface area contributed by atoms with Crippen LogP contribution in [0.25, 0.3) is 0 Å². The van der Waals surface area contributed by atoms with E-state index in [0.717, 1.165) is 6.26 Å². The highest BCUT2D eigenvalue weighted by Crippen LogP contribution is 2.40. The minimum absolute atomic E-state index is 0.125. The molecule has 1 fully saturated rings. The minimum Gasteiger partial charge on any atom is -0.378 e. The molecule has 1 amide bonds. The van der Waals surface area contributed by atoms with Crippen molar-refractivity contribution in [2.75, 3.05) is 30.1 Å². The summed E-state index contributed by atoms with van der Waals surface area (Å²) in [7, 11) is -3.41. The lowest BCUT2D eigenvalue weighted by molar-refractivity contribution is -0.124. The van der Waals surface area contributed by atoms with Gasteiger partial charge < -0.3 is 15.4 Å². The third kappa shape index (κ3) is 1.89. The summed E-state index contributed by atoms with van der Waals surface area (Å²) in [5.41, 5.74) is 0.240. The Hall–Kier alpha value is -1.60. The fourth-order valence-corrected chi connectivity index (χ4v) is 3.49. The normalized spacial score (nSPS) is 28.9. The van der Waals surface area contributed by atoms with Crippen molar-refractivity contribution in [3.63, 3.8) is 0 Å². The molecule has 1 saturated heterocycles. The first-order chi connectivity index (χ1) is 9.32. The first-order valence-corrected chi connectivity index (χ1v) is 8.20. The van der Waals surface area contributed by atoms with Crippen LogP contribution in [0.5, 0.6) is 0 Å². The summed E-state index contributed by atoms with van der Waals surface area (Å²) >= 11 is 0. The molecule has 2 heterocycles. The fraction of sp³-hybridized carbons (Fsp3) is 0.462. The van der Waals surface area contributed by atoms with Gasteiger partial charge in [-0.05, 0) is 19.1 Å². The highest BCUT2D eigenvalue weighted by molar-refractivity contribution is 7.90. The number of sulfone groups is 1. The van der Waals surface area contributed by atoms with Gasteiger partial charge in [-0.1, -0.05) is 6.07 Å². The van der Waals surface area contributed by atoms with E-state index in [1.807, 2.05) is 6.92 Å². The van der Waals surface area contributed by atoms with Gasteiger partial charge in [0, 0.05) is 6.26 Å². The number of amides is 1. The number of carbonyl (C=O) groups excluding carboxylic acids is 1. The zero-order valence-corrected chi connectivity index (χ0v) is 12.1. The third-order valence-electron chi connectivity index (χ3n) is 3.97. The summed E-state index contributed by atoms with van der Waals surface area (Å²) < 4.78 is 29.1. The van der Waals surface area contributed by atoms with E-state index in [-0.39, 0.29) is 16.8 Å². The molecule has 0 saturated carbocycles. The molecular formula is C13H16N2O4S. The van der Waals surface area contributed by atoms with Crippen LogP contribution in [0.1, 0.15) is 6.92 Å². The summed E-state index contributed by atoms with van der Waals surface area (Å²) in [6, 6.07) is 4.75. The van der Waals surface area contributed by atoms with Crippen LogP contribution < -0.4 is 10.6 Å². The average molecular weight is 296 g/mol. The molecule has 108 valence electrons. The summed E-state index contributed by atoms with van der Waals surface area (Å²) in [4.78, 5) is 12.6. The molecule has 2 atom stereocenters. The van der Waals surface area contributed by atoms with Crippen molar-refractivity contribution in [1.82, 2.24) is 0 Å². The second-order valence-electron chi connectivity index (χ2n) is 5.53. The Balaban J connectivity index is 2.16. The number of hydrogen-bond acceptors (Lipinski definition) is 5. The van der Waals surface area contributed by atoms with Crippen molar-refractivity contribution in [3.8, 4) is 0 Å². The van der Waals surface area contributed by atoms with Gasteiger partial charge in [0.2, 0.25) is 5.91 Å². The number of hydrogen-bond donors (Lipinski definition) is 2. The molecule has 7 heteroatoms. The lowest BCUT2D eigenvalue weighted by atomic mass is 9.84. The maximum Gasteiger partial charge on any atom is 0.234 e. The van der Waals surface area contributed by atoms with Crippen molar-refractivity contribution < 1.29 is 17.9 Å². The molecule has 0 bridgehead atoms. The molecular weight excluding hydrogens is 280 g/mol. The lowest BCUT2D eigenvalue weighted by Crippen LogP contribution is -2.44. The van der Waals surface area contributed by atoms with Gasteiger partial charge in [-0.15, -0.1) is 0 Å². The van der Waals surface area contributed by atoms with Crippen molar-refractivity contribution in [2.24, 2.45) is 5.41 Å². The SMILES string of the molecule is CC12COCC1Nc1cccc(S(C)(=O)=O)c1NC2=O. The molecule has 0 aromatic heterocycles. The van der Waals surface area contributed by atoms with Gasteiger partial charge >= 0.3 is 0 Å². The van der Waals surface area contributed by atoms with E-state index >= 15 is 0 Å². The average Bonchev–Trinajstić information content (AvgIpc) is 2.68. The van der Waals surface area contributed by atoms with Gasteiger partial charge in [0.05, 0.1) is 40.9 Å². The second-order valence-corrected chi connectivity index (χ2v) is 7.52. The quantitative estimate of drug-likeness (QED) is 0.803. The smallest absolute Gasteiger partial charge is 0.234 e. The fourth-order valence-electron chi connectivity index (χ4n) is 2.63. The molecule has 2 aliphatic heterocycles. The van der Waals surface area contributed by atoms with E-state index in [2.05, 4.69) is 10.6 Å². The number of para-hydroxylation sites is 1. The number of nitrogens with one attached hydrogen (secondary N) is 2. The Morgan fingerprint density at radius 3 is 2.85 bits per heavy atom. The summed E-state index contributed by atoms with van der Waals surface area (Å²) in [5.74, 6) is -0.220. The molecule has 2 N–H and O–H groups in total. The number of fused-ring (bicyclic) bond motifs is 2. The van der Waals surface area contributed by atoms with E-state index < -0.39 is 15.3 Å². The largest absolute Gasteiger partial charge is 0.378 e. The van der Waals surface area contributed by atoms with Gasteiger partial charge in [0.15, 0.2) is 9.84 Å². The van der Waals surface area contributed by atoms with Gasteiger partial charge in [-0.2, -0.15) is 0 Å². The van der Waals surface area contributed by atoms with Crippen LogP contribution in [-0.4, -0.2) is 39.8 Å². The Kier molecular flexibility index (Phi) is 2.81. The molecule has 3 rings (SSSR count).